The van der Waals surface area contributed by atoms with Crippen molar-refractivity contribution in [2.24, 2.45) is 5.92 Å². The minimum Gasteiger partial charge on any atom is -0.354 e. The molecule has 0 aliphatic heterocycles. The Hall–Kier alpha value is -2.44. The first-order chi connectivity index (χ1) is 14.9. The highest BCUT2D eigenvalue weighted by Crippen LogP contribution is 2.08. The fourth-order valence-corrected chi connectivity index (χ4v) is 3.12. The third-order valence-electron chi connectivity index (χ3n) is 5.07. The average molecular weight is 433 g/mol. The van der Waals surface area contributed by atoms with Crippen LogP contribution in [-0.2, 0) is 9.59 Å². The lowest BCUT2D eigenvalue weighted by Gasteiger charge is -2.19. The van der Waals surface area contributed by atoms with Crippen LogP contribution >= 0.6 is 0 Å². The SMILES string of the molecule is CCCCCCCCCC(=O)N[C@@H](CNC(=O)c1cccnc1)C(=O)NCCC(C)C. The topological polar surface area (TPSA) is 100 Å². The normalized spacial score (nSPS) is 11.7. The molecule has 0 fully saturated rings. The number of hydrogen-bond donors (Lipinski definition) is 3. The van der Waals surface area contributed by atoms with Crippen molar-refractivity contribution in [3.63, 3.8) is 0 Å². The zero-order valence-electron chi connectivity index (χ0n) is 19.4. The zero-order valence-corrected chi connectivity index (χ0v) is 19.4. The molecule has 1 rings (SSSR count). The third-order valence-corrected chi connectivity index (χ3v) is 5.07. The van der Waals surface area contributed by atoms with Crippen LogP contribution in [0.4, 0.5) is 0 Å². The maximum Gasteiger partial charge on any atom is 0.252 e. The molecule has 3 N–H and O–H groups in total. The van der Waals surface area contributed by atoms with E-state index in [0.717, 1.165) is 25.7 Å². The van der Waals surface area contributed by atoms with Crippen molar-refractivity contribution < 1.29 is 14.4 Å². The van der Waals surface area contributed by atoms with Gasteiger partial charge in [0.2, 0.25) is 11.8 Å². The number of carbonyl (C=O) groups excluding carboxylic acids is 3. The Morgan fingerprint density at radius 2 is 1.71 bits per heavy atom. The van der Waals surface area contributed by atoms with Gasteiger partial charge in [-0.2, -0.15) is 0 Å². The number of nitrogens with one attached hydrogen (secondary N) is 3. The van der Waals surface area contributed by atoms with Gasteiger partial charge in [0.05, 0.1) is 5.56 Å². The highest BCUT2D eigenvalue weighted by atomic mass is 16.2. The molecule has 0 spiro atoms. The Kier molecular flexibility index (Phi) is 14.0. The molecule has 0 radical (unpaired) electrons. The van der Waals surface area contributed by atoms with Crippen molar-refractivity contribution in [1.29, 1.82) is 0 Å². The lowest BCUT2D eigenvalue weighted by Crippen LogP contribution is -2.52. The molecule has 0 unspecified atom stereocenters. The molecule has 1 aromatic rings. The van der Waals surface area contributed by atoms with E-state index in [1.54, 1.807) is 18.3 Å². The summed E-state index contributed by atoms with van der Waals surface area (Å²) >= 11 is 0. The Morgan fingerprint density at radius 3 is 2.35 bits per heavy atom. The summed E-state index contributed by atoms with van der Waals surface area (Å²) in [6, 6.07) is 2.53. The second-order valence-electron chi connectivity index (χ2n) is 8.42. The molecule has 0 saturated heterocycles. The Bertz CT molecular complexity index is 649. The number of hydrogen-bond acceptors (Lipinski definition) is 4. The molecule has 0 saturated carbocycles. The fourth-order valence-electron chi connectivity index (χ4n) is 3.12. The molecular formula is C24H40N4O3. The summed E-state index contributed by atoms with van der Waals surface area (Å²) in [5.74, 6) is -0.293. The van der Waals surface area contributed by atoms with Gasteiger partial charge in [0, 0.05) is 31.9 Å². The molecule has 0 aliphatic rings. The number of amides is 3. The van der Waals surface area contributed by atoms with Gasteiger partial charge < -0.3 is 16.0 Å². The number of carbonyl (C=O) groups is 3. The molecule has 1 atom stereocenters. The van der Waals surface area contributed by atoms with Crippen molar-refractivity contribution in [3.8, 4) is 0 Å². The maximum absolute atomic E-state index is 12.6. The summed E-state index contributed by atoms with van der Waals surface area (Å²) in [6.45, 7) is 6.93. The van der Waals surface area contributed by atoms with Gasteiger partial charge in [-0.15, -0.1) is 0 Å². The van der Waals surface area contributed by atoms with E-state index >= 15 is 0 Å². The predicted molar refractivity (Wildman–Crippen MR) is 124 cm³/mol. The van der Waals surface area contributed by atoms with Crippen LogP contribution in [0.25, 0.3) is 0 Å². The lowest BCUT2D eigenvalue weighted by molar-refractivity contribution is -0.129. The first kappa shape index (κ1) is 26.6. The van der Waals surface area contributed by atoms with Crippen LogP contribution in [-0.4, -0.2) is 41.8 Å². The van der Waals surface area contributed by atoms with Gasteiger partial charge in [-0.25, -0.2) is 0 Å². The molecule has 1 aromatic heterocycles. The van der Waals surface area contributed by atoms with E-state index in [2.05, 4.69) is 41.7 Å². The minimum absolute atomic E-state index is 0.0317. The molecular weight excluding hydrogens is 392 g/mol. The van der Waals surface area contributed by atoms with Gasteiger partial charge in [-0.3, -0.25) is 19.4 Å². The fraction of sp³-hybridized carbons (Fsp3) is 0.667. The van der Waals surface area contributed by atoms with E-state index in [1.807, 2.05) is 0 Å². The second kappa shape index (κ2) is 16.3. The highest BCUT2D eigenvalue weighted by Gasteiger charge is 2.21. The van der Waals surface area contributed by atoms with Crippen molar-refractivity contribution in [1.82, 2.24) is 20.9 Å². The van der Waals surface area contributed by atoms with Crippen LogP contribution in [0.1, 0.15) is 88.9 Å². The number of rotatable bonds is 16. The largest absolute Gasteiger partial charge is 0.354 e. The molecule has 3 amide bonds. The van der Waals surface area contributed by atoms with Crippen molar-refractivity contribution in [2.75, 3.05) is 13.1 Å². The molecule has 1 heterocycles. The van der Waals surface area contributed by atoms with Crippen LogP contribution in [0.2, 0.25) is 0 Å². The van der Waals surface area contributed by atoms with Gasteiger partial charge in [0.1, 0.15) is 6.04 Å². The van der Waals surface area contributed by atoms with Gasteiger partial charge in [-0.05, 0) is 30.9 Å². The summed E-state index contributed by atoms with van der Waals surface area (Å²) in [4.78, 5) is 41.2. The molecule has 0 aromatic carbocycles. The summed E-state index contributed by atoms with van der Waals surface area (Å²) in [5, 5.41) is 8.38. The van der Waals surface area contributed by atoms with Gasteiger partial charge in [0.25, 0.3) is 5.91 Å². The van der Waals surface area contributed by atoms with E-state index in [9.17, 15) is 14.4 Å². The van der Waals surface area contributed by atoms with Crippen LogP contribution in [0, 0.1) is 5.92 Å². The lowest BCUT2D eigenvalue weighted by atomic mass is 10.1. The van der Waals surface area contributed by atoms with E-state index in [0.29, 0.717) is 24.4 Å². The number of nitrogens with zero attached hydrogens (tertiary/aromatic N) is 1. The Balaban J connectivity index is 2.50. The van der Waals surface area contributed by atoms with E-state index in [4.69, 9.17) is 0 Å². The first-order valence-corrected chi connectivity index (χ1v) is 11.7. The van der Waals surface area contributed by atoms with Crippen molar-refractivity contribution in [2.45, 2.75) is 84.6 Å². The maximum atomic E-state index is 12.6. The van der Waals surface area contributed by atoms with Crippen LogP contribution < -0.4 is 16.0 Å². The van der Waals surface area contributed by atoms with Crippen LogP contribution in [0.15, 0.2) is 24.5 Å². The summed E-state index contributed by atoms with van der Waals surface area (Å²) in [6.07, 6.45) is 12.2. The molecule has 7 nitrogen and oxygen atoms in total. The van der Waals surface area contributed by atoms with Gasteiger partial charge in [-0.1, -0.05) is 59.3 Å². The quantitative estimate of drug-likeness (QED) is 0.348. The number of pyridine rings is 1. The smallest absolute Gasteiger partial charge is 0.252 e. The molecule has 0 bridgehead atoms. The minimum atomic E-state index is -0.801. The number of aromatic nitrogens is 1. The van der Waals surface area contributed by atoms with Crippen LogP contribution in [0.5, 0.6) is 0 Å². The third kappa shape index (κ3) is 12.8. The van der Waals surface area contributed by atoms with E-state index in [1.165, 1.54) is 31.9 Å². The number of unbranched alkanes of at least 4 members (excludes halogenated alkanes) is 6. The molecule has 7 heteroatoms. The van der Waals surface area contributed by atoms with Gasteiger partial charge >= 0.3 is 0 Å². The predicted octanol–water partition coefficient (Wildman–Crippen LogP) is 3.60. The summed E-state index contributed by atoms with van der Waals surface area (Å²) in [7, 11) is 0. The summed E-state index contributed by atoms with van der Waals surface area (Å²) in [5.41, 5.74) is 0.413. The molecule has 174 valence electrons. The average Bonchev–Trinajstić information content (AvgIpc) is 2.76. The summed E-state index contributed by atoms with van der Waals surface area (Å²) < 4.78 is 0. The Morgan fingerprint density at radius 1 is 1.00 bits per heavy atom. The zero-order chi connectivity index (χ0) is 22.9. The Labute approximate surface area is 187 Å². The standard InChI is InChI=1S/C24H40N4O3/c1-4-5-6-7-8-9-10-13-22(29)28-21(24(31)26-16-14-19(2)3)18-27-23(30)20-12-11-15-25-17-20/h11-12,15,17,19,21H,4-10,13-14,16,18H2,1-3H3,(H,26,31)(H,27,30)(H,28,29)/t21-/m0/s1. The first-order valence-electron chi connectivity index (χ1n) is 11.7. The van der Waals surface area contributed by atoms with E-state index in [-0.39, 0.29) is 24.3 Å². The monoisotopic (exact) mass is 432 g/mol. The second-order valence-corrected chi connectivity index (χ2v) is 8.42. The highest BCUT2D eigenvalue weighted by molar-refractivity contribution is 5.94. The van der Waals surface area contributed by atoms with Crippen LogP contribution in [0.3, 0.4) is 0 Å². The molecule has 0 aliphatic carbocycles. The van der Waals surface area contributed by atoms with Gasteiger partial charge in [0.15, 0.2) is 0 Å². The van der Waals surface area contributed by atoms with Crippen molar-refractivity contribution >= 4 is 17.7 Å². The van der Waals surface area contributed by atoms with Crippen molar-refractivity contribution in [3.05, 3.63) is 30.1 Å². The van der Waals surface area contributed by atoms with E-state index < -0.39 is 6.04 Å². The molecule has 31 heavy (non-hydrogen) atoms.